The lowest BCUT2D eigenvalue weighted by Gasteiger charge is -2.49. The highest BCUT2D eigenvalue weighted by Gasteiger charge is 2.54. The minimum atomic E-state index is -1.27. The SMILES string of the molecule is O=C(COc1ccccc1)N[C@@H]1C(=O)N2C(C(=O)O)=C(COc3ccccc3-c3nc4ccccc4c(=O)[nH]3)CSC12. The molecule has 1 fully saturated rings. The van der Waals surface area contributed by atoms with Crippen LogP contribution in [0.2, 0.25) is 0 Å². The van der Waals surface area contributed by atoms with E-state index in [2.05, 4.69) is 15.3 Å². The van der Waals surface area contributed by atoms with E-state index in [4.69, 9.17) is 9.47 Å². The normalized spacial score (nSPS) is 17.8. The Morgan fingerprint density at radius 2 is 1.74 bits per heavy atom. The van der Waals surface area contributed by atoms with E-state index in [0.717, 1.165) is 0 Å². The van der Waals surface area contributed by atoms with E-state index in [1.165, 1.54) is 16.7 Å². The molecule has 2 atom stereocenters. The van der Waals surface area contributed by atoms with Crippen molar-refractivity contribution in [2.75, 3.05) is 19.0 Å². The number of aromatic nitrogens is 2. The zero-order valence-corrected chi connectivity index (χ0v) is 22.8. The van der Waals surface area contributed by atoms with Gasteiger partial charge in [-0.2, -0.15) is 0 Å². The van der Waals surface area contributed by atoms with Gasteiger partial charge in [-0.3, -0.25) is 19.3 Å². The van der Waals surface area contributed by atoms with Gasteiger partial charge >= 0.3 is 5.97 Å². The minimum Gasteiger partial charge on any atom is -0.488 e. The highest BCUT2D eigenvalue weighted by atomic mass is 32.2. The number of nitrogens with zero attached hydrogens (tertiary/aromatic N) is 2. The lowest BCUT2D eigenvalue weighted by molar-refractivity contribution is -0.151. The van der Waals surface area contributed by atoms with Gasteiger partial charge in [-0.05, 0) is 36.4 Å². The van der Waals surface area contributed by atoms with Crippen LogP contribution in [-0.4, -0.2) is 68.1 Å². The Kier molecular flexibility index (Phi) is 7.36. The number of aliphatic carboxylic acids is 1. The Balaban J connectivity index is 1.17. The summed E-state index contributed by atoms with van der Waals surface area (Å²) in [5.41, 5.74) is 1.01. The predicted octanol–water partition coefficient (Wildman–Crippen LogP) is 2.79. The fourth-order valence-corrected chi connectivity index (χ4v) is 6.17. The van der Waals surface area contributed by atoms with Crippen molar-refractivity contribution in [3.05, 3.63) is 100 Å². The standard InChI is InChI=1S/C30H24N4O7S/c35-23(15-40-18-8-2-1-3-9-18)32-24-28(37)34-25(30(38)39)17(16-42-29(24)34)14-41-22-13-7-5-11-20(22)26-31-21-12-6-4-10-19(21)27(36)33-26/h1-13,24,29H,14-16H2,(H,32,35)(H,38,39)(H,31,33,36)/t24-,29?/m1/s1. The first-order valence-corrected chi connectivity index (χ1v) is 14.0. The number of thioether (sulfide) groups is 1. The molecule has 4 aromatic rings. The number of amides is 2. The quantitative estimate of drug-likeness (QED) is 0.252. The van der Waals surface area contributed by atoms with E-state index in [1.807, 2.05) is 6.07 Å². The first-order chi connectivity index (χ1) is 20.4. The molecule has 1 aromatic heterocycles. The molecule has 212 valence electrons. The maximum absolute atomic E-state index is 13.0. The summed E-state index contributed by atoms with van der Waals surface area (Å²) in [6, 6.07) is 21.9. The van der Waals surface area contributed by atoms with Crippen molar-refractivity contribution in [3.8, 4) is 22.9 Å². The average Bonchev–Trinajstić information content (AvgIpc) is 3.01. The van der Waals surface area contributed by atoms with Crippen LogP contribution in [0.5, 0.6) is 11.5 Å². The third kappa shape index (κ3) is 5.19. The van der Waals surface area contributed by atoms with Crippen LogP contribution in [0.3, 0.4) is 0 Å². The molecule has 0 saturated carbocycles. The number of ether oxygens (including phenoxy) is 2. The molecule has 0 aliphatic carbocycles. The number of carboxylic acids is 1. The van der Waals surface area contributed by atoms with Gasteiger partial charge in [0, 0.05) is 11.3 Å². The van der Waals surface area contributed by atoms with Crippen molar-refractivity contribution in [2.24, 2.45) is 0 Å². The fraction of sp³-hybridized carbons (Fsp3) is 0.167. The Morgan fingerprint density at radius 3 is 2.55 bits per heavy atom. The number of para-hydroxylation sites is 3. The van der Waals surface area contributed by atoms with Crippen molar-refractivity contribution >= 4 is 40.4 Å². The van der Waals surface area contributed by atoms with Crippen molar-refractivity contribution in [1.29, 1.82) is 0 Å². The predicted molar refractivity (Wildman–Crippen MR) is 155 cm³/mol. The molecular formula is C30H24N4O7S. The molecule has 2 aliphatic rings. The van der Waals surface area contributed by atoms with Gasteiger partial charge in [-0.25, -0.2) is 9.78 Å². The van der Waals surface area contributed by atoms with Crippen LogP contribution in [0.15, 0.2) is 94.9 Å². The van der Waals surface area contributed by atoms with Crippen LogP contribution in [-0.2, 0) is 14.4 Å². The van der Waals surface area contributed by atoms with Crippen molar-refractivity contribution in [1.82, 2.24) is 20.2 Å². The number of H-pyrrole nitrogens is 1. The first-order valence-electron chi connectivity index (χ1n) is 13.0. The summed E-state index contributed by atoms with van der Waals surface area (Å²) in [5, 5.41) is 12.6. The van der Waals surface area contributed by atoms with E-state index < -0.39 is 29.2 Å². The molecule has 6 rings (SSSR count). The smallest absolute Gasteiger partial charge is 0.352 e. The number of hydrogen-bond acceptors (Lipinski definition) is 8. The number of benzene rings is 3. The number of rotatable bonds is 9. The Bertz CT molecular complexity index is 1790. The van der Waals surface area contributed by atoms with Crippen LogP contribution in [0, 0.1) is 0 Å². The summed E-state index contributed by atoms with van der Waals surface area (Å²) in [7, 11) is 0. The van der Waals surface area contributed by atoms with E-state index in [0.29, 0.717) is 39.4 Å². The Labute approximate surface area is 243 Å². The minimum absolute atomic E-state index is 0.109. The molecular weight excluding hydrogens is 560 g/mol. The summed E-state index contributed by atoms with van der Waals surface area (Å²) < 4.78 is 11.5. The number of hydrogen-bond donors (Lipinski definition) is 3. The molecule has 11 nitrogen and oxygen atoms in total. The number of carboxylic acid groups (broad SMARTS) is 1. The van der Waals surface area contributed by atoms with Crippen LogP contribution in [0.25, 0.3) is 22.3 Å². The number of fused-ring (bicyclic) bond motifs is 2. The molecule has 3 heterocycles. The number of nitrogens with one attached hydrogen (secondary N) is 2. The number of aromatic amines is 1. The van der Waals surface area contributed by atoms with E-state index in [9.17, 15) is 24.3 Å². The lowest BCUT2D eigenvalue weighted by Crippen LogP contribution is -2.71. The maximum Gasteiger partial charge on any atom is 0.352 e. The zero-order valence-electron chi connectivity index (χ0n) is 22.0. The van der Waals surface area contributed by atoms with Crippen LogP contribution >= 0.6 is 11.8 Å². The molecule has 12 heteroatoms. The van der Waals surface area contributed by atoms with Crippen molar-refractivity contribution in [2.45, 2.75) is 11.4 Å². The monoisotopic (exact) mass is 584 g/mol. The fourth-order valence-electron chi connectivity index (χ4n) is 4.84. The molecule has 2 aliphatic heterocycles. The average molecular weight is 585 g/mol. The summed E-state index contributed by atoms with van der Waals surface area (Å²) in [6.07, 6.45) is 0. The topological polar surface area (TPSA) is 151 Å². The number of carbonyl (C=O) groups is 3. The third-order valence-corrected chi connectivity index (χ3v) is 8.18. The molecule has 0 bridgehead atoms. The van der Waals surface area contributed by atoms with Crippen LogP contribution in [0.1, 0.15) is 0 Å². The largest absolute Gasteiger partial charge is 0.488 e. The van der Waals surface area contributed by atoms with Crippen LogP contribution < -0.4 is 20.3 Å². The van der Waals surface area contributed by atoms with E-state index in [1.54, 1.807) is 72.8 Å². The molecule has 3 N–H and O–H groups in total. The summed E-state index contributed by atoms with van der Waals surface area (Å²) in [5.74, 6) is -0.773. The summed E-state index contributed by atoms with van der Waals surface area (Å²) in [6.45, 7) is -0.384. The lowest BCUT2D eigenvalue weighted by atomic mass is 10.0. The Morgan fingerprint density at radius 1 is 1.00 bits per heavy atom. The second-order valence-corrected chi connectivity index (χ2v) is 10.6. The molecule has 1 unspecified atom stereocenters. The second kappa shape index (κ2) is 11.4. The van der Waals surface area contributed by atoms with Gasteiger partial charge in [-0.15, -0.1) is 11.8 Å². The zero-order chi connectivity index (χ0) is 29.2. The van der Waals surface area contributed by atoms with E-state index in [-0.39, 0.29) is 30.2 Å². The highest BCUT2D eigenvalue weighted by molar-refractivity contribution is 8.00. The molecule has 3 aromatic carbocycles. The van der Waals surface area contributed by atoms with Gasteiger partial charge in [0.05, 0.1) is 16.5 Å². The number of β-lactam (4-membered cyclic amide) rings is 1. The van der Waals surface area contributed by atoms with E-state index >= 15 is 0 Å². The van der Waals surface area contributed by atoms with Gasteiger partial charge in [0.15, 0.2) is 6.61 Å². The molecule has 1 saturated heterocycles. The molecule has 2 amide bonds. The summed E-state index contributed by atoms with van der Waals surface area (Å²) >= 11 is 1.34. The van der Waals surface area contributed by atoms with Gasteiger partial charge in [0.25, 0.3) is 17.4 Å². The molecule has 42 heavy (non-hydrogen) atoms. The van der Waals surface area contributed by atoms with Gasteiger partial charge < -0.3 is 24.9 Å². The van der Waals surface area contributed by atoms with Gasteiger partial charge in [-0.1, -0.05) is 42.5 Å². The van der Waals surface area contributed by atoms with Crippen LogP contribution in [0.4, 0.5) is 0 Å². The van der Waals surface area contributed by atoms with Crippen molar-refractivity contribution < 1.29 is 29.0 Å². The highest BCUT2D eigenvalue weighted by Crippen LogP contribution is 2.40. The third-order valence-electron chi connectivity index (χ3n) is 6.84. The number of carbonyl (C=O) groups excluding carboxylic acids is 2. The first kappa shape index (κ1) is 27.1. The Hall–Kier alpha value is -5.10. The molecule has 0 spiro atoms. The van der Waals surface area contributed by atoms with Crippen molar-refractivity contribution in [3.63, 3.8) is 0 Å². The summed E-state index contributed by atoms with van der Waals surface area (Å²) in [4.78, 5) is 58.9. The maximum atomic E-state index is 13.0. The van der Waals surface area contributed by atoms with Gasteiger partial charge in [0.2, 0.25) is 0 Å². The second-order valence-electron chi connectivity index (χ2n) is 9.53. The molecule has 0 radical (unpaired) electrons. The van der Waals surface area contributed by atoms with Gasteiger partial charge in [0.1, 0.15) is 41.0 Å².